The van der Waals surface area contributed by atoms with Gasteiger partial charge in [0.1, 0.15) is 5.75 Å². The number of nitrogens with one attached hydrogen (secondary N) is 1. The second-order valence-corrected chi connectivity index (χ2v) is 3.43. The summed E-state index contributed by atoms with van der Waals surface area (Å²) in [6, 6.07) is 8.30. The summed E-state index contributed by atoms with van der Waals surface area (Å²) >= 11 is 0. The highest BCUT2D eigenvalue weighted by Crippen LogP contribution is 2.33. The van der Waals surface area contributed by atoms with Crippen molar-refractivity contribution in [2.75, 3.05) is 6.61 Å². The van der Waals surface area contributed by atoms with Crippen LogP contribution in [0.15, 0.2) is 24.3 Å². The van der Waals surface area contributed by atoms with E-state index in [9.17, 15) is 0 Å². The van der Waals surface area contributed by atoms with Crippen molar-refractivity contribution >= 4 is 10.9 Å². The molecule has 1 N–H and O–H groups in total. The van der Waals surface area contributed by atoms with Gasteiger partial charge in [-0.3, -0.25) is 0 Å². The topological polar surface area (TPSA) is 25.0 Å². The molecular formula is C11H11NO. The molecule has 1 aliphatic heterocycles. The molecule has 13 heavy (non-hydrogen) atoms. The monoisotopic (exact) mass is 173 g/mol. The number of aryl methyl sites for hydroxylation is 1. The van der Waals surface area contributed by atoms with Gasteiger partial charge in [0.15, 0.2) is 0 Å². The minimum atomic E-state index is 0.856. The van der Waals surface area contributed by atoms with Gasteiger partial charge in [0, 0.05) is 10.9 Å². The number of rotatable bonds is 0. The molecule has 2 heteroatoms. The summed E-state index contributed by atoms with van der Waals surface area (Å²) in [7, 11) is 0. The van der Waals surface area contributed by atoms with E-state index in [2.05, 4.69) is 23.2 Å². The minimum Gasteiger partial charge on any atom is -0.491 e. The van der Waals surface area contributed by atoms with Crippen molar-refractivity contribution in [1.82, 2.24) is 4.98 Å². The lowest BCUT2D eigenvalue weighted by atomic mass is 10.1. The summed E-state index contributed by atoms with van der Waals surface area (Å²) < 4.78 is 5.65. The Morgan fingerprint density at radius 2 is 2.15 bits per heavy atom. The van der Waals surface area contributed by atoms with Crippen LogP contribution in [-0.4, -0.2) is 11.6 Å². The van der Waals surface area contributed by atoms with Gasteiger partial charge in [-0.2, -0.15) is 0 Å². The molecule has 0 amide bonds. The molecule has 3 rings (SSSR count). The SMILES string of the molecule is c1ccc2c3c([nH]c2c1)CCCO3. The number of hydrogen-bond acceptors (Lipinski definition) is 1. The van der Waals surface area contributed by atoms with Crippen LogP contribution in [0.5, 0.6) is 5.75 Å². The van der Waals surface area contributed by atoms with Gasteiger partial charge in [-0.15, -0.1) is 0 Å². The van der Waals surface area contributed by atoms with Crippen LogP contribution in [0.2, 0.25) is 0 Å². The smallest absolute Gasteiger partial charge is 0.147 e. The maximum atomic E-state index is 5.65. The van der Waals surface area contributed by atoms with Gasteiger partial charge in [-0.1, -0.05) is 12.1 Å². The predicted octanol–water partition coefficient (Wildman–Crippen LogP) is 2.49. The number of ether oxygens (including phenoxy) is 1. The maximum Gasteiger partial charge on any atom is 0.147 e. The average molecular weight is 173 g/mol. The van der Waals surface area contributed by atoms with Crippen LogP contribution >= 0.6 is 0 Å². The van der Waals surface area contributed by atoms with E-state index in [4.69, 9.17) is 4.74 Å². The fourth-order valence-corrected chi connectivity index (χ4v) is 1.94. The first-order valence-corrected chi connectivity index (χ1v) is 4.67. The van der Waals surface area contributed by atoms with E-state index >= 15 is 0 Å². The van der Waals surface area contributed by atoms with Crippen molar-refractivity contribution in [2.45, 2.75) is 12.8 Å². The first-order valence-electron chi connectivity index (χ1n) is 4.67. The Morgan fingerprint density at radius 3 is 3.15 bits per heavy atom. The van der Waals surface area contributed by atoms with Crippen molar-refractivity contribution in [2.24, 2.45) is 0 Å². The molecule has 1 aromatic heterocycles. The van der Waals surface area contributed by atoms with Crippen LogP contribution in [-0.2, 0) is 6.42 Å². The molecule has 0 atom stereocenters. The minimum absolute atomic E-state index is 0.856. The summed E-state index contributed by atoms with van der Waals surface area (Å²) in [4.78, 5) is 3.39. The van der Waals surface area contributed by atoms with E-state index < -0.39 is 0 Å². The van der Waals surface area contributed by atoms with Gasteiger partial charge in [0.25, 0.3) is 0 Å². The molecule has 1 aliphatic rings. The zero-order valence-corrected chi connectivity index (χ0v) is 7.34. The molecule has 0 saturated heterocycles. The molecule has 0 fully saturated rings. The summed E-state index contributed by atoms with van der Waals surface area (Å²) in [5.41, 5.74) is 2.45. The van der Waals surface area contributed by atoms with E-state index in [0.29, 0.717) is 0 Å². The van der Waals surface area contributed by atoms with Gasteiger partial charge in [0.05, 0.1) is 12.3 Å². The van der Waals surface area contributed by atoms with Crippen molar-refractivity contribution < 1.29 is 4.74 Å². The average Bonchev–Trinajstić information content (AvgIpc) is 2.56. The fourth-order valence-electron chi connectivity index (χ4n) is 1.94. The highest BCUT2D eigenvalue weighted by Gasteiger charge is 2.15. The predicted molar refractivity (Wildman–Crippen MR) is 52.1 cm³/mol. The lowest BCUT2D eigenvalue weighted by Gasteiger charge is -2.12. The Bertz CT molecular complexity index is 444. The Labute approximate surface area is 76.5 Å². The fraction of sp³-hybridized carbons (Fsp3) is 0.273. The number of aromatic amines is 1. The zero-order chi connectivity index (χ0) is 8.67. The largest absolute Gasteiger partial charge is 0.491 e. The Balaban J connectivity index is 2.34. The number of hydrogen-bond donors (Lipinski definition) is 1. The lowest BCUT2D eigenvalue weighted by molar-refractivity contribution is 0.291. The molecule has 0 bridgehead atoms. The Hall–Kier alpha value is -1.44. The van der Waals surface area contributed by atoms with Crippen molar-refractivity contribution in [3.05, 3.63) is 30.0 Å². The second kappa shape index (κ2) is 2.52. The standard InChI is InChI=1S/C11H11NO/c1-2-5-9-8(4-1)11-10(12-9)6-3-7-13-11/h1-2,4-5,12H,3,6-7H2. The van der Waals surface area contributed by atoms with Crippen LogP contribution < -0.4 is 4.74 Å². The van der Waals surface area contributed by atoms with Crippen molar-refractivity contribution in [1.29, 1.82) is 0 Å². The van der Waals surface area contributed by atoms with Gasteiger partial charge in [-0.25, -0.2) is 0 Å². The van der Waals surface area contributed by atoms with Gasteiger partial charge < -0.3 is 9.72 Å². The number of H-pyrrole nitrogens is 1. The van der Waals surface area contributed by atoms with E-state index in [-0.39, 0.29) is 0 Å². The molecule has 0 aliphatic carbocycles. The van der Waals surface area contributed by atoms with Crippen molar-refractivity contribution in [3.8, 4) is 5.75 Å². The number of benzene rings is 1. The molecule has 0 radical (unpaired) electrons. The Kier molecular flexibility index (Phi) is 1.36. The summed E-state index contributed by atoms with van der Waals surface area (Å²) in [5, 5.41) is 1.22. The molecule has 2 aromatic rings. The van der Waals surface area contributed by atoms with Crippen LogP contribution in [0.4, 0.5) is 0 Å². The first-order chi connectivity index (χ1) is 6.45. The number of fused-ring (bicyclic) bond motifs is 3. The summed E-state index contributed by atoms with van der Waals surface area (Å²) in [5.74, 6) is 1.07. The first kappa shape index (κ1) is 7.01. The molecule has 0 spiro atoms. The van der Waals surface area contributed by atoms with Crippen LogP contribution in [0, 0.1) is 0 Å². The molecule has 1 aromatic carbocycles. The number of aromatic nitrogens is 1. The van der Waals surface area contributed by atoms with Gasteiger partial charge >= 0.3 is 0 Å². The van der Waals surface area contributed by atoms with Crippen molar-refractivity contribution in [3.63, 3.8) is 0 Å². The molecule has 2 heterocycles. The third-order valence-corrected chi connectivity index (χ3v) is 2.55. The zero-order valence-electron chi connectivity index (χ0n) is 7.34. The van der Waals surface area contributed by atoms with Gasteiger partial charge in [-0.05, 0) is 25.0 Å². The van der Waals surface area contributed by atoms with Crippen LogP contribution in [0.3, 0.4) is 0 Å². The van der Waals surface area contributed by atoms with E-state index in [1.54, 1.807) is 0 Å². The Morgan fingerprint density at radius 1 is 1.23 bits per heavy atom. The molecule has 2 nitrogen and oxygen atoms in total. The number of para-hydroxylation sites is 1. The third kappa shape index (κ3) is 0.949. The summed E-state index contributed by atoms with van der Waals surface area (Å²) in [6.07, 6.45) is 2.24. The molecular weight excluding hydrogens is 162 g/mol. The molecule has 0 unspecified atom stereocenters. The highest BCUT2D eigenvalue weighted by atomic mass is 16.5. The normalized spacial score (nSPS) is 15.4. The van der Waals surface area contributed by atoms with E-state index in [1.165, 1.54) is 16.6 Å². The van der Waals surface area contributed by atoms with Crippen LogP contribution in [0.1, 0.15) is 12.1 Å². The summed E-state index contributed by atoms with van der Waals surface area (Å²) in [6.45, 7) is 0.856. The van der Waals surface area contributed by atoms with Gasteiger partial charge in [0.2, 0.25) is 0 Å². The lowest BCUT2D eigenvalue weighted by Crippen LogP contribution is -2.06. The van der Waals surface area contributed by atoms with E-state index in [1.807, 2.05) is 6.07 Å². The molecule has 66 valence electrons. The molecule has 0 saturated carbocycles. The maximum absolute atomic E-state index is 5.65. The third-order valence-electron chi connectivity index (χ3n) is 2.55. The van der Waals surface area contributed by atoms with Crippen LogP contribution in [0.25, 0.3) is 10.9 Å². The second-order valence-electron chi connectivity index (χ2n) is 3.43. The highest BCUT2D eigenvalue weighted by molar-refractivity contribution is 5.87. The van der Waals surface area contributed by atoms with E-state index in [0.717, 1.165) is 25.2 Å². The quantitative estimate of drug-likeness (QED) is 0.650.